The van der Waals surface area contributed by atoms with Crippen LogP contribution in [0.25, 0.3) is 0 Å². The standard InChI is InChI=1S/C19H23ClN4O2/c1-12-6-5-7-16(13(12)2)22-18(25)11-24(4)14(3)19(26)23-17-9-8-15(20)10-21-17/h5-10,14H,11H2,1-4H3,(H,22,25)(H,21,23,26). The van der Waals surface area contributed by atoms with Gasteiger partial charge in [0.1, 0.15) is 5.82 Å². The maximum atomic E-state index is 12.3. The van der Waals surface area contributed by atoms with Crippen molar-refractivity contribution in [2.75, 3.05) is 24.2 Å². The number of likely N-dealkylation sites (N-methyl/N-ethyl adjacent to an activating group) is 1. The summed E-state index contributed by atoms with van der Waals surface area (Å²) < 4.78 is 0. The van der Waals surface area contributed by atoms with E-state index in [9.17, 15) is 9.59 Å². The van der Waals surface area contributed by atoms with E-state index in [0.29, 0.717) is 10.8 Å². The van der Waals surface area contributed by atoms with Gasteiger partial charge >= 0.3 is 0 Å². The third-order valence-electron chi connectivity index (χ3n) is 4.29. The molecule has 1 unspecified atom stereocenters. The number of hydrogen-bond donors (Lipinski definition) is 2. The van der Waals surface area contributed by atoms with Crippen LogP contribution >= 0.6 is 11.6 Å². The second-order valence-electron chi connectivity index (χ2n) is 6.24. The number of aromatic nitrogens is 1. The number of carbonyl (C=O) groups is 2. The second kappa shape index (κ2) is 8.78. The highest BCUT2D eigenvalue weighted by Crippen LogP contribution is 2.18. The van der Waals surface area contributed by atoms with Crippen LogP contribution in [0.15, 0.2) is 36.5 Å². The first-order valence-corrected chi connectivity index (χ1v) is 8.64. The largest absolute Gasteiger partial charge is 0.325 e. The maximum absolute atomic E-state index is 12.3. The van der Waals surface area contributed by atoms with Crippen molar-refractivity contribution >= 4 is 34.9 Å². The molecular formula is C19H23ClN4O2. The van der Waals surface area contributed by atoms with E-state index in [2.05, 4.69) is 15.6 Å². The molecule has 0 spiro atoms. The van der Waals surface area contributed by atoms with E-state index in [0.717, 1.165) is 16.8 Å². The number of benzene rings is 1. The van der Waals surface area contributed by atoms with Gasteiger partial charge in [0.2, 0.25) is 11.8 Å². The number of carbonyl (C=O) groups excluding carboxylic acids is 2. The van der Waals surface area contributed by atoms with Crippen molar-refractivity contribution in [3.8, 4) is 0 Å². The van der Waals surface area contributed by atoms with Crippen molar-refractivity contribution < 1.29 is 9.59 Å². The van der Waals surface area contributed by atoms with Gasteiger partial charge < -0.3 is 10.6 Å². The summed E-state index contributed by atoms with van der Waals surface area (Å²) in [6.45, 7) is 5.78. The molecule has 0 bridgehead atoms. The molecule has 0 aliphatic carbocycles. The predicted octanol–water partition coefficient (Wildman–Crippen LogP) is 3.25. The van der Waals surface area contributed by atoms with E-state index in [4.69, 9.17) is 11.6 Å². The molecule has 2 aromatic rings. The van der Waals surface area contributed by atoms with Crippen molar-refractivity contribution in [2.45, 2.75) is 26.8 Å². The number of halogens is 1. The summed E-state index contributed by atoms with van der Waals surface area (Å²) in [6.07, 6.45) is 1.46. The fourth-order valence-electron chi connectivity index (χ4n) is 2.32. The monoisotopic (exact) mass is 374 g/mol. The minimum atomic E-state index is -0.503. The Kier molecular flexibility index (Phi) is 6.71. The number of hydrogen-bond acceptors (Lipinski definition) is 4. The number of pyridine rings is 1. The Morgan fingerprint density at radius 3 is 2.58 bits per heavy atom. The number of nitrogens with one attached hydrogen (secondary N) is 2. The minimum Gasteiger partial charge on any atom is -0.325 e. The molecule has 2 rings (SSSR count). The molecule has 138 valence electrons. The quantitative estimate of drug-likeness (QED) is 0.813. The van der Waals surface area contributed by atoms with Crippen LogP contribution in [-0.4, -0.2) is 41.3 Å². The highest BCUT2D eigenvalue weighted by Gasteiger charge is 2.21. The van der Waals surface area contributed by atoms with E-state index >= 15 is 0 Å². The molecule has 0 aliphatic rings. The van der Waals surface area contributed by atoms with Gasteiger partial charge in [-0.25, -0.2) is 4.98 Å². The van der Waals surface area contributed by atoms with Crippen LogP contribution in [0.4, 0.5) is 11.5 Å². The Morgan fingerprint density at radius 2 is 1.92 bits per heavy atom. The molecule has 0 radical (unpaired) electrons. The van der Waals surface area contributed by atoms with Crippen LogP contribution in [0.2, 0.25) is 5.02 Å². The summed E-state index contributed by atoms with van der Waals surface area (Å²) in [4.78, 5) is 30.3. The van der Waals surface area contributed by atoms with E-state index < -0.39 is 6.04 Å². The van der Waals surface area contributed by atoms with Gasteiger partial charge in [-0.05, 0) is 57.1 Å². The minimum absolute atomic E-state index is 0.0933. The van der Waals surface area contributed by atoms with E-state index in [1.807, 2.05) is 32.0 Å². The Balaban J connectivity index is 1.91. The van der Waals surface area contributed by atoms with Crippen LogP contribution in [0.3, 0.4) is 0 Å². The number of anilines is 2. The van der Waals surface area contributed by atoms with Crippen molar-refractivity contribution in [2.24, 2.45) is 0 Å². The zero-order valence-electron chi connectivity index (χ0n) is 15.3. The lowest BCUT2D eigenvalue weighted by molar-refractivity contribution is -0.122. The summed E-state index contributed by atoms with van der Waals surface area (Å²) in [5.74, 6) is -0.00758. The van der Waals surface area contributed by atoms with E-state index in [1.54, 1.807) is 31.0 Å². The van der Waals surface area contributed by atoms with E-state index in [-0.39, 0.29) is 18.4 Å². The van der Waals surface area contributed by atoms with Gasteiger partial charge in [0, 0.05) is 11.9 Å². The van der Waals surface area contributed by atoms with Crippen LogP contribution < -0.4 is 10.6 Å². The molecule has 0 saturated carbocycles. The van der Waals surface area contributed by atoms with Gasteiger partial charge in [0.25, 0.3) is 0 Å². The van der Waals surface area contributed by atoms with Gasteiger partial charge in [-0.3, -0.25) is 14.5 Å². The summed E-state index contributed by atoms with van der Waals surface area (Å²) in [5, 5.41) is 6.10. The molecule has 7 heteroatoms. The normalized spacial score (nSPS) is 11.9. The van der Waals surface area contributed by atoms with Crippen LogP contribution in [0.5, 0.6) is 0 Å². The molecule has 0 saturated heterocycles. The molecule has 6 nitrogen and oxygen atoms in total. The topological polar surface area (TPSA) is 74.3 Å². The molecule has 2 amide bonds. The Bertz CT molecular complexity index is 793. The fourth-order valence-corrected chi connectivity index (χ4v) is 2.43. The lowest BCUT2D eigenvalue weighted by atomic mass is 10.1. The fraction of sp³-hybridized carbons (Fsp3) is 0.316. The van der Waals surface area contributed by atoms with Gasteiger partial charge in [-0.15, -0.1) is 0 Å². The predicted molar refractivity (Wildman–Crippen MR) is 105 cm³/mol. The van der Waals surface area contributed by atoms with Gasteiger partial charge in [0.05, 0.1) is 17.6 Å². The zero-order valence-corrected chi connectivity index (χ0v) is 16.1. The Morgan fingerprint density at radius 1 is 1.19 bits per heavy atom. The lowest BCUT2D eigenvalue weighted by Gasteiger charge is -2.23. The summed E-state index contributed by atoms with van der Waals surface area (Å²) in [6, 6.07) is 8.53. The van der Waals surface area contributed by atoms with Crippen molar-refractivity contribution in [1.82, 2.24) is 9.88 Å². The third kappa shape index (κ3) is 5.28. The third-order valence-corrected chi connectivity index (χ3v) is 4.51. The first-order chi connectivity index (χ1) is 12.3. The number of aryl methyl sites for hydroxylation is 1. The smallest absolute Gasteiger partial charge is 0.242 e. The van der Waals surface area contributed by atoms with Crippen LogP contribution in [-0.2, 0) is 9.59 Å². The molecule has 1 heterocycles. The summed E-state index contributed by atoms with van der Waals surface area (Å²) in [5.41, 5.74) is 2.92. The van der Waals surface area contributed by atoms with Crippen molar-refractivity contribution in [3.05, 3.63) is 52.7 Å². The summed E-state index contributed by atoms with van der Waals surface area (Å²) >= 11 is 5.78. The van der Waals surface area contributed by atoms with Gasteiger partial charge in [-0.2, -0.15) is 0 Å². The van der Waals surface area contributed by atoms with Gasteiger partial charge in [0.15, 0.2) is 0 Å². The van der Waals surface area contributed by atoms with Crippen molar-refractivity contribution in [1.29, 1.82) is 0 Å². The lowest BCUT2D eigenvalue weighted by Crippen LogP contribution is -2.43. The van der Waals surface area contributed by atoms with Crippen LogP contribution in [0, 0.1) is 13.8 Å². The molecule has 0 aliphatic heterocycles. The SMILES string of the molecule is Cc1cccc(NC(=O)CN(C)C(C)C(=O)Nc2ccc(Cl)cn2)c1C. The highest BCUT2D eigenvalue weighted by atomic mass is 35.5. The maximum Gasteiger partial charge on any atom is 0.242 e. The Labute approximate surface area is 158 Å². The number of amides is 2. The molecule has 2 N–H and O–H groups in total. The first kappa shape index (κ1) is 19.9. The average molecular weight is 375 g/mol. The molecule has 1 aromatic heterocycles. The number of nitrogens with zero attached hydrogens (tertiary/aromatic N) is 2. The number of rotatable bonds is 6. The molecule has 1 aromatic carbocycles. The summed E-state index contributed by atoms with van der Waals surface area (Å²) in [7, 11) is 1.72. The Hall–Kier alpha value is -2.44. The molecule has 0 fully saturated rings. The van der Waals surface area contributed by atoms with Crippen molar-refractivity contribution in [3.63, 3.8) is 0 Å². The molecular weight excluding hydrogens is 352 g/mol. The second-order valence-corrected chi connectivity index (χ2v) is 6.67. The van der Waals surface area contributed by atoms with Gasteiger partial charge in [-0.1, -0.05) is 23.7 Å². The molecule has 26 heavy (non-hydrogen) atoms. The highest BCUT2D eigenvalue weighted by molar-refractivity contribution is 6.30. The zero-order chi connectivity index (χ0) is 19.3. The first-order valence-electron chi connectivity index (χ1n) is 8.26. The van der Waals surface area contributed by atoms with Crippen LogP contribution in [0.1, 0.15) is 18.1 Å². The molecule has 1 atom stereocenters. The van der Waals surface area contributed by atoms with E-state index in [1.165, 1.54) is 6.20 Å². The average Bonchev–Trinajstić information content (AvgIpc) is 2.60.